The predicted octanol–water partition coefficient (Wildman–Crippen LogP) is 1.63. The van der Waals surface area contributed by atoms with E-state index in [1.807, 2.05) is 15.9 Å². The zero-order valence-electron chi connectivity index (χ0n) is 25.6. The fraction of sp³-hybridized carbons (Fsp3) is 0.677. The number of phenols is 1. The Balaban J connectivity index is 0.00000325. The van der Waals surface area contributed by atoms with Crippen LogP contribution in [0, 0.1) is 28.6 Å². The summed E-state index contributed by atoms with van der Waals surface area (Å²) in [5.41, 5.74) is 26.1. The van der Waals surface area contributed by atoms with Crippen molar-refractivity contribution < 1.29 is 9.90 Å². The van der Waals surface area contributed by atoms with E-state index >= 15 is 0 Å². The largest absolute Gasteiger partial charge is 0.506 e. The second kappa shape index (κ2) is 11.1. The Bertz CT molecular complexity index is 1410. The standard InChI is InChI=1S/C31H45N11O2.ClH/c32-19-6-20(33)12-41(11-19)28-38-27(39-29(40-28)42-13-21(34)7-22(35)14-42)36-23-1-2-24(25(43)8-23)37-26(44)31-10-17-3-16-4-18(5-17)30(31,9-16)15-31;/h1-2,8,16-22,43H,3-7,9-15,32-35H2,(H,37,44)(H,36,38,39,40);1H/t16?,17?,18?,19-,20+,21-,22+,30?,31?;. The molecule has 14 heteroatoms. The van der Waals surface area contributed by atoms with Crippen molar-refractivity contribution >= 4 is 47.5 Å². The molecule has 1 spiro atoms. The van der Waals surface area contributed by atoms with Gasteiger partial charge in [0.15, 0.2) is 0 Å². The van der Waals surface area contributed by atoms with Crippen LogP contribution in [-0.4, -0.2) is 76.3 Å². The molecule has 2 aromatic rings. The van der Waals surface area contributed by atoms with Crippen molar-refractivity contribution in [3.8, 4) is 5.75 Å². The highest BCUT2D eigenvalue weighted by Crippen LogP contribution is 2.83. The van der Waals surface area contributed by atoms with Crippen molar-refractivity contribution in [1.29, 1.82) is 0 Å². The number of halogens is 1. The summed E-state index contributed by atoms with van der Waals surface area (Å²) in [6.07, 6.45) is 8.57. The molecule has 8 rings (SSSR count). The smallest absolute Gasteiger partial charge is 0.233 e. The van der Waals surface area contributed by atoms with Gasteiger partial charge >= 0.3 is 0 Å². The van der Waals surface area contributed by atoms with Gasteiger partial charge in [0, 0.05) is 62.1 Å². The normalized spacial score (nSPS) is 37.9. The molecule has 244 valence electrons. The Labute approximate surface area is 269 Å². The number of aromatic hydroxyl groups is 1. The highest BCUT2D eigenvalue weighted by molar-refractivity contribution is 6.00. The third-order valence-corrected chi connectivity index (χ3v) is 11.6. The first-order valence-corrected chi connectivity index (χ1v) is 16.3. The number of phenolic OH excluding ortho intramolecular Hbond substituents is 1. The summed E-state index contributed by atoms with van der Waals surface area (Å²) in [5, 5.41) is 17.4. The number of hydrogen-bond donors (Lipinski definition) is 7. The van der Waals surface area contributed by atoms with Crippen LogP contribution in [0.3, 0.4) is 0 Å². The molecule has 1 aromatic heterocycles. The van der Waals surface area contributed by atoms with Gasteiger partial charge in [0.05, 0.1) is 11.1 Å². The Morgan fingerprint density at radius 3 is 1.98 bits per heavy atom. The quantitative estimate of drug-likeness (QED) is 0.225. The number of fused-ring (bicyclic) bond motifs is 2. The summed E-state index contributed by atoms with van der Waals surface area (Å²) in [6.45, 7) is 2.32. The molecule has 6 fully saturated rings. The Hall–Kier alpha value is -2.97. The molecule has 11 N–H and O–H groups in total. The summed E-state index contributed by atoms with van der Waals surface area (Å²) in [7, 11) is 0. The molecule has 2 aliphatic heterocycles. The first-order valence-electron chi connectivity index (χ1n) is 16.3. The number of rotatable bonds is 6. The third-order valence-electron chi connectivity index (χ3n) is 11.6. The van der Waals surface area contributed by atoms with E-state index in [-0.39, 0.29) is 59.1 Å². The molecular formula is C31H46ClN11O2. The van der Waals surface area contributed by atoms with Gasteiger partial charge in [-0.3, -0.25) is 4.79 Å². The molecule has 1 amide bonds. The average molecular weight is 640 g/mol. The van der Waals surface area contributed by atoms with Crippen LogP contribution in [0.4, 0.5) is 29.2 Å². The number of carbonyl (C=O) groups excluding carboxylic acids is 1. The molecular weight excluding hydrogens is 594 g/mol. The van der Waals surface area contributed by atoms with Crippen LogP contribution in [0.15, 0.2) is 18.2 Å². The molecule has 4 saturated carbocycles. The number of aromatic nitrogens is 3. The zero-order valence-corrected chi connectivity index (χ0v) is 26.4. The van der Waals surface area contributed by atoms with E-state index in [1.54, 1.807) is 12.1 Å². The number of nitrogens with two attached hydrogens (primary N) is 4. The van der Waals surface area contributed by atoms with Crippen molar-refractivity contribution in [3.05, 3.63) is 18.2 Å². The van der Waals surface area contributed by atoms with Crippen LogP contribution >= 0.6 is 12.4 Å². The number of hydrogen-bond acceptors (Lipinski definition) is 12. The van der Waals surface area contributed by atoms with E-state index in [1.165, 1.54) is 25.7 Å². The molecule has 5 unspecified atom stereocenters. The van der Waals surface area contributed by atoms with Crippen LogP contribution in [0.2, 0.25) is 0 Å². The van der Waals surface area contributed by atoms with Crippen molar-refractivity contribution in [1.82, 2.24) is 15.0 Å². The number of amides is 1. The molecule has 3 bridgehead atoms. The number of nitrogens with one attached hydrogen (secondary N) is 2. The number of benzene rings is 1. The second-order valence-electron chi connectivity index (χ2n) is 14.9. The van der Waals surface area contributed by atoms with E-state index in [0.29, 0.717) is 67.2 Å². The lowest BCUT2D eigenvalue weighted by molar-refractivity contribution is -0.124. The molecule has 2 saturated heterocycles. The zero-order chi connectivity index (χ0) is 30.4. The number of anilines is 5. The Morgan fingerprint density at radius 2 is 1.40 bits per heavy atom. The van der Waals surface area contributed by atoms with E-state index < -0.39 is 0 Å². The monoisotopic (exact) mass is 639 g/mol. The van der Waals surface area contributed by atoms with Crippen molar-refractivity contribution in [3.63, 3.8) is 0 Å². The minimum absolute atomic E-state index is 0. The van der Waals surface area contributed by atoms with Gasteiger partial charge in [-0.05, 0) is 86.7 Å². The summed E-state index contributed by atoms with van der Waals surface area (Å²) in [6, 6.07) is 4.80. The van der Waals surface area contributed by atoms with Gasteiger partial charge in [0.1, 0.15) is 5.75 Å². The Kier molecular flexibility index (Phi) is 7.55. The maximum atomic E-state index is 13.7. The lowest BCUT2D eigenvalue weighted by Gasteiger charge is -2.38. The van der Waals surface area contributed by atoms with Gasteiger partial charge in [-0.25, -0.2) is 0 Å². The summed E-state index contributed by atoms with van der Waals surface area (Å²) in [4.78, 5) is 31.9. The second-order valence-corrected chi connectivity index (χ2v) is 14.9. The summed E-state index contributed by atoms with van der Waals surface area (Å²) in [5.74, 6) is 3.50. The van der Waals surface area contributed by atoms with Crippen LogP contribution in [0.1, 0.15) is 51.4 Å². The first kappa shape index (κ1) is 30.7. The van der Waals surface area contributed by atoms with E-state index in [9.17, 15) is 9.90 Å². The van der Waals surface area contributed by atoms with Crippen molar-refractivity contribution in [2.75, 3.05) is 46.6 Å². The molecule has 4 aliphatic carbocycles. The maximum Gasteiger partial charge on any atom is 0.233 e. The molecule has 3 heterocycles. The number of nitrogens with zero attached hydrogens (tertiary/aromatic N) is 5. The maximum absolute atomic E-state index is 13.7. The lowest BCUT2D eigenvalue weighted by Crippen LogP contribution is -2.54. The summed E-state index contributed by atoms with van der Waals surface area (Å²) < 4.78 is 0. The van der Waals surface area contributed by atoms with E-state index in [4.69, 9.17) is 37.9 Å². The molecule has 9 atom stereocenters. The number of piperidine rings is 2. The fourth-order valence-electron chi connectivity index (χ4n) is 9.96. The van der Waals surface area contributed by atoms with Gasteiger partial charge in [0.2, 0.25) is 23.8 Å². The fourth-order valence-corrected chi connectivity index (χ4v) is 9.96. The van der Waals surface area contributed by atoms with Gasteiger partial charge in [0.25, 0.3) is 0 Å². The first-order chi connectivity index (χ1) is 21.1. The van der Waals surface area contributed by atoms with Gasteiger partial charge in [-0.1, -0.05) is 0 Å². The lowest BCUT2D eigenvalue weighted by atomic mass is 9.67. The van der Waals surface area contributed by atoms with Crippen LogP contribution < -0.4 is 43.4 Å². The SMILES string of the molecule is Cl.N[C@@H]1C[C@H](N)CN(c2nc(Nc3ccc(NC(=O)C45CC6CC7CC(C6)C4(C7)C5)c(O)c3)nc(N3C[C@H](N)C[C@H](N)C3)n2)C1. The van der Waals surface area contributed by atoms with Crippen LogP contribution in [0.25, 0.3) is 0 Å². The topological polar surface area (TPSA) is 211 Å². The minimum atomic E-state index is -0.258. The van der Waals surface area contributed by atoms with Gasteiger partial charge in [-0.15, -0.1) is 12.4 Å². The highest BCUT2D eigenvalue weighted by atomic mass is 35.5. The van der Waals surface area contributed by atoms with E-state index in [2.05, 4.69) is 10.6 Å². The van der Waals surface area contributed by atoms with E-state index in [0.717, 1.165) is 31.6 Å². The molecule has 13 nitrogen and oxygen atoms in total. The molecule has 6 aliphatic rings. The molecule has 45 heavy (non-hydrogen) atoms. The summed E-state index contributed by atoms with van der Waals surface area (Å²) >= 11 is 0. The highest BCUT2D eigenvalue weighted by Gasteiger charge is 2.79. The predicted molar refractivity (Wildman–Crippen MR) is 176 cm³/mol. The van der Waals surface area contributed by atoms with Crippen molar-refractivity contribution in [2.45, 2.75) is 75.5 Å². The molecule has 0 radical (unpaired) electrons. The van der Waals surface area contributed by atoms with Gasteiger partial charge in [-0.2, -0.15) is 15.0 Å². The van der Waals surface area contributed by atoms with Crippen LogP contribution in [0.5, 0.6) is 5.75 Å². The third kappa shape index (κ3) is 5.26. The average Bonchev–Trinajstić information content (AvgIpc) is 3.56. The minimum Gasteiger partial charge on any atom is -0.506 e. The van der Waals surface area contributed by atoms with Crippen molar-refractivity contribution in [2.24, 2.45) is 51.5 Å². The number of carbonyl (C=O) groups is 1. The molecule has 1 aromatic carbocycles. The van der Waals surface area contributed by atoms with Gasteiger partial charge < -0.3 is 48.5 Å². The van der Waals surface area contributed by atoms with Crippen LogP contribution in [-0.2, 0) is 4.79 Å². The Morgan fingerprint density at radius 1 is 0.822 bits per heavy atom.